The zero-order valence-electron chi connectivity index (χ0n) is 18.5. The van der Waals surface area contributed by atoms with Crippen LogP contribution < -0.4 is 21.1 Å². The van der Waals surface area contributed by atoms with Crippen LogP contribution in [0, 0.1) is 22.7 Å². The van der Waals surface area contributed by atoms with Gasteiger partial charge in [-0.2, -0.15) is 10.5 Å². The second kappa shape index (κ2) is 11.9. The van der Waals surface area contributed by atoms with Crippen LogP contribution in [0.1, 0.15) is 42.0 Å². The number of rotatable bonds is 8. The Morgan fingerprint density at radius 3 is 2.42 bits per heavy atom. The summed E-state index contributed by atoms with van der Waals surface area (Å²) in [6, 6.07) is 12.6. The lowest BCUT2D eigenvalue weighted by molar-refractivity contribution is -0.120. The number of nitriles is 2. The zero-order valence-corrected chi connectivity index (χ0v) is 20.1. The minimum absolute atomic E-state index is 0.0236. The first kappa shape index (κ1) is 24.9. The van der Waals surface area contributed by atoms with Gasteiger partial charge >= 0.3 is 0 Å². The molecule has 10 heteroatoms. The van der Waals surface area contributed by atoms with Gasteiger partial charge in [0, 0.05) is 29.8 Å². The molecule has 2 aromatic rings. The highest BCUT2D eigenvalue weighted by molar-refractivity contribution is 7.98. The molecule has 1 aromatic carbocycles. The van der Waals surface area contributed by atoms with E-state index in [-0.39, 0.29) is 18.5 Å². The Bertz CT molecular complexity index is 1070. The molecule has 1 fully saturated rings. The maximum atomic E-state index is 11.6. The molecule has 0 unspecified atom stereocenters. The Hall–Kier alpha value is -2.76. The average molecular weight is 482 g/mol. The van der Waals surface area contributed by atoms with Crippen LogP contribution in [0.25, 0.3) is 0 Å². The molecule has 0 radical (unpaired) electrons. The van der Waals surface area contributed by atoms with Crippen molar-refractivity contribution < 1.29 is 4.79 Å². The van der Waals surface area contributed by atoms with Crippen molar-refractivity contribution in [3.63, 3.8) is 0 Å². The average Bonchev–Trinajstić information content (AvgIpc) is 2.86. The van der Waals surface area contributed by atoms with E-state index in [0.29, 0.717) is 47.2 Å². The predicted octanol–water partition coefficient (Wildman–Crippen LogP) is 2.69. The summed E-state index contributed by atoms with van der Waals surface area (Å²) in [6.45, 7) is 3.25. The maximum Gasteiger partial charge on any atom is 0.233 e. The lowest BCUT2D eigenvalue weighted by atomic mass is 10.00. The lowest BCUT2D eigenvalue weighted by Crippen LogP contribution is -2.46. The number of benzene rings is 1. The molecule has 172 valence electrons. The highest BCUT2D eigenvalue weighted by Crippen LogP contribution is 2.34. The van der Waals surface area contributed by atoms with Crippen LogP contribution in [0.5, 0.6) is 0 Å². The molecule has 2 heterocycles. The number of piperidine rings is 1. The monoisotopic (exact) mass is 481 g/mol. The number of nitrogens with two attached hydrogens (primary N) is 2. The van der Waals surface area contributed by atoms with Crippen molar-refractivity contribution in [3.8, 4) is 12.1 Å². The van der Waals surface area contributed by atoms with Crippen LogP contribution in [0.4, 0.5) is 5.82 Å². The molecule has 1 saturated heterocycles. The standard InChI is InChI=1S/C23H27N7OS2/c1-2-18-19(11-24)22(30-9-7-16(8-10-30)28-21(31)13-26)29-23(20(18)12-25)32-14-15-3-5-17(33-27)6-4-15/h3-6,16H,2,7-10,13-14,26-27H2,1H3,(H,28,31). The fourth-order valence-electron chi connectivity index (χ4n) is 3.85. The fourth-order valence-corrected chi connectivity index (χ4v) is 5.11. The number of amides is 1. The van der Waals surface area contributed by atoms with E-state index in [2.05, 4.69) is 22.4 Å². The number of carbonyl (C=O) groups excluding carboxylic acids is 1. The molecule has 5 N–H and O–H groups in total. The van der Waals surface area contributed by atoms with Gasteiger partial charge in [0.15, 0.2) is 0 Å². The van der Waals surface area contributed by atoms with E-state index in [4.69, 9.17) is 15.9 Å². The van der Waals surface area contributed by atoms with Crippen LogP contribution in [-0.2, 0) is 17.0 Å². The summed E-state index contributed by atoms with van der Waals surface area (Å²) in [4.78, 5) is 19.5. The van der Waals surface area contributed by atoms with Crippen LogP contribution in [0.2, 0.25) is 0 Å². The molecule has 0 bridgehead atoms. The number of nitrogens with zero attached hydrogens (tertiary/aromatic N) is 4. The number of hydrogen-bond donors (Lipinski definition) is 3. The molecule has 0 spiro atoms. The molecule has 0 atom stereocenters. The van der Waals surface area contributed by atoms with Crippen LogP contribution in [0.3, 0.4) is 0 Å². The van der Waals surface area contributed by atoms with Crippen LogP contribution in [0.15, 0.2) is 34.2 Å². The number of thioether (sulfide) groups is 1. The van der Waals surface area contributed by atoms with Gasteiger partial charge in [-0.3, -0.25) is 9.93 Å². The number of hydrogen-bond acceptors (Lipinski definition) is 9. The van der Waals surface area contributed by atoms with E-state index in [1.54, 1.807) is 0 Å². The molecule has 3 rings (SSSR count). The Kier molecular flexibility index (Phi) is 8.98. The summed E-state index contributed by atoms with van der Waals surface area (Å²) in [5.41, 5.74) is 8.18. The second-order valence-corrected chi connectivity index (χ2v) is 9.30. The quantitative estimate of drug-likeness (QED) is 0.383. The summed E-state index contributed by atoms with van der Waals surface area (Å²) in [6.07, 6.45) is 2.06. The number of aromatic nitrogens is 1. The summed E-state index contributed by atoms with van der Waals surface area (Å²) < 4.78 is 0. The van der Waals surface area contributed by atoms with Crippen LogP contribution in [-0.4, -0.2) is 36.6 Å². The Balaban J connectivity index is 1.86. The molecule has 1 aliphatic heterocycles. The van der Waals surface area contributed by atoms with Gasteiger partial charge in [0.05, 0.1) is 17.7 Å². The van der Waals surface area contributed by atoms with E-state index in [1.807, 2.05) is 31.2 Å². The summed E-state index contributed by atoms with van der Waals surface area (Å²) in [7, 11) is 0. The third-order valence-electron chi connectivity index (χ3n) is 5.61. The highest BCUT2D eigenvalue weighted by atomic mass is 32.2. The van der Waals surface area contributed by atoms with E-state index in [1.165, 1.54) is 23.7 Å². The van der Waals surface area contributed by atoms with Gasteiger partial charge in [-0.05, 0) is 54.5 Å². The van der Waals surface area contributed by atoms with Crippen molar-refractivity contribution in [2.24, 2.45) is 10.9 Å². The molecule has 1 aliphatic rings. The molecule has 0 aliphatic carbocycles. The SMILES string of the molecule is CCc1c(C#N)c(SCc2ccc(SN)cc2)nc(N2CCC(NC(=O)CN)CC2)c1C#N. The van der Waals surface area contributed by atoms with E-state index >= 15 is 0 Å². The number of nitrogens with one attached hydrogen (secondary N) is 1. The van der Waals surface area contributed by atoms with Crippen molar-refractivity contribution in [2.45, 2.75) is 47.9 Å². The first-order valence-corrected chi connectivity index (χ1v) is 12.6. The van der Waals surface area contributed by atoms with Gasteiger partial charge in [0.1, 0.15) is 23.0 Å². The number of anilines is 1. The third-order valence-corrected chi connectivity index (χ3v) is 7.20. The van der Waals surface area contributed by atoms with Gasteiger partial charge < -0.3 is 16.0 Å². The third kappa shape index (κ3) is 5.98. The molecule has 33 heavy (non-hydrogen) atoms. The molecule has 1 aromatic heterocycles. The predicted molar refractivity (Wildman–Crippen MR) is 132 cm³/mol. The van der Waals surface area contributed by atoms with Crippen molar-refractivity contribution in [2.75, 3.05) is 24.5 Å². The van der Waals surface area contributed by atoms with E-state index in [9.17, 15) is 15.3 Å². The first-order chi connectivity index (χ1) is 16.0. The summed E-state index contributed by atoms with van der Waals surface area (Å²) in [5, 5.41) is 29.0. The largest absolute Gasteiger partial charge is 0.355 e. The van der Waals surface area contributed by atoms with Crippen molar-refractivity contribution >= 4 is 35.4 Å². The Morgan fingerprint density at radius 1 is 1.21 bits per heavy atom. The fraction of sp³-hybridized carbons (Fsp3) is 0.391. The minimum atomic E-state index is -0.160. The van der Waals surface area contributed by atoms with Gasteiger partial charge in [0.2, 0.25) is 5.91 Å². The highest BCUT2D eigenvalue weighted by Gasteiger charge is 2.27. The first-order valence-electron chi connectivity index (χ1n) is 10.7. The smallest absolute Gasteiger partial charge is 0.233 e. The van der Waals surface area contributed by atoms with E-state index in [0.717, 1.165) is 28.9 Å². The Labute approximate surface area is 202 Å². The van der Waals surface area contributed by atoms with Gasteiger partial charge in [-0.25, -0.2) is 4.98 Å². The molecular weight excluding hydrogens is 454 g/mol. The van der Waals surface area contributed by atoms with E-state index < -0.39 is 0 Å². The zero-order chi connectivity index (χ0) is 23.8. The van der Waals surface area contributed by atoms with Crippen molar-refractivity contribution in [1.82, 2.24) is 10.3 Å². The minimum Gasteiger partial charge on any atom is -0.355 e. The molecule has 0 saturated carbocycles. The number of carbonyl (C=O) groups is 1. The summed E-state index contributed by atoms with van der Waals surface area (Å²) >= 11 is 2.70. The lowest BCUT2D eigenvalue weighted by Gasteiger charge is -2.34. The summed E-state index contributed by atoms with van der Waals surface area (Å²) in [5.74, 6) is 1.11. The van der Waals surface area contributed by atoms with Gasteiger partial charge in [-0.15, -0.1) is 11.8 Å². The normalized spacial score (nSPS) is 13.9. The molecule has 1 amide bonds. The van der Waals surface area contributed by atoms with Crippen molar-refractivity contribution in [1.29, 1.82) is 10.5 Å². The number of pyridine rings is 1. The maximum absolute atomic E-state index is 11.6. The Morgan fingerprint density at radius 2 is 1.88 bits per heavy atom. The second-order valence-electron chi connectivity index (χ2n) is 7.63. The van der Waals surface area contributed by atoms with Gasteiger partial charge in [-0.1, -0.05) is 19.1 Å². The topological polar surface area (TPSA) is 145 Å². The van der Waals surface area contributed by atoms with Gasteiger partial charge in [0.25, 0.3) is 0 Å². The van der Waals surface area contributed by atoms with Crippen LogP contribution >= 0.6 is 23.7 Å². The van der Waals surface area contributed by atoms with Crippen molar-refractivity contribution in [3.05, 3.63) is 46.5 Å². The molecule has 8 nitrogen and oxygen atoms in total. The molecular formula is C23H27N7OS2.